The van der Waals surface area contributed by atoms with E-state index in [2.05, 4.69) is 0 Å². The van der Waals surface area contributed by atoms with Crippen LogP contribution in [0.25, 0.3) is 22.3 Å². The van der Waals surface area contributed by atoms with Crippen molar-refractivity contribution in [2.75, 3.05) is 20.1 Å². The van der Waals surface area contributed by atoms with Crippen molar-refractivity contribution >= 4 is 30.4 Å². The molecule has 1 aromatic heterocycles. The summed E-state index contributed by atoms with van der Waals surface area (Å²) in [5, 5.41) is 21.4. The van der Waals surface area contributed by atoms with Crippen LogP contribution in [0.2, 0.25) is 5.02 Å². The Morgan fingerprint density at radius 2 is 2.06 bits per heavy atom. The van der Waals surface area contributed by atoms with Gasteiger partial charge in [0.25, 0.3) is 0 Å². The molecule has 1 aliphatic rings. The number of β-amino-alcohol motifs (C(OH)–C–C–N with tert-alkyl or cyclic N) is 1. The molecular weight excluding hydrogens is 461 g/mol. The standard InChI is InChI=1S/C21H21ClNO8P/c1-23-7-6-12(16(26)10-23)19-18(31-32(27,28)29)9-15(25)20-14(24)8-17(30-21(19)20)11-4-2-3-5-13(11)22/h2-5,8-9,12,16,25-26H,6-7,10H2,1H3,(H2,27,28,29)/i1D2. The highest BCUT2D eigenvalue weighted by atomic mass is 35.5. The number of aliphatic hydroxyl groups is 1. The Morgan fingerprint density at radius 1 is 1.31 bits per heavy atom. The molecule has 4 N–H and O–H groups in total. The largest absolute Gasteiger partial charge is 0.524 e. The van der Waals surface area contributed by atoms with Gasteiger partial charge in [-0.05, 0) is 32.1 Å². The third-order valence-corrected chi connectivity index (χ3v) is 6.09. The summed E-state index contributed by atoms with van der Waals surface area (Å²) in [6, 6.07) is 8.60. The number of likely N-dealkylation sites (N-methyl/N-ethyl adjacent to an activating group) is 1. The Labute approximate surface area is 190 Å². The van der Waals surface area contributed by atoms with Crippen molar-refractivity contribution in [1.82, 2.24) is 4.90 Å². The summed E-state index contributed by atoms with van der Waals surface area (Å²) in [7, 11) is -5.10. The van der Waals surface area contributed by atoms with Crippen LogP contribution in [0.3, 0.4) is 0 Å². The molecule has 1 aliphatic heterocycles. The lowest BCUT2D eigenvalue weighted by Gasteiger charge is -2.34. The maximum absolute atomic E-state index is 13.0. The smallest absolute Gasteiger partial charge is 0.507 e. The molecule has 0 saturated carbocycles. The first-order chi connectivity index (χ1) is 16.0. The van der Waals surface area contributed by atoms with Gasteiger partial charge in [0.15, 0.2) is 5.43 Å². The highest BCUT2D eigenvalue weighted by molar-refractivity contribution is 7.46. The van der Waals surface area contributed by atoms with Crippen LogP contribution in [0.1, 0.15) is 20.6 Å². The van der Waals surface area contributed by atoms with Gasteiger partial charge in [0, 0.05) is 38.5 Å². The number of fused-ring (bicyclic) bond motifs is 1. The lowest BCUT2D eigenvalue weighted by molar-refractivity contribution is 0.0632. The maximum Gasteiger partial charge on any atom is 0.524 e. The van der Waals surface area contributed by atoms with Crippen molar-refractivity contribution < 1.29 is 36.2 Å². The summed E-state index contributed by atoms with van der Waals surface area (Å²) >= 11 is 6.25. The first-order valence-electron chi connectivity index (χ1n) is 10.7. The van der Waals surface area contributed by atoms with E-state index in [-0.39, 0.29) is 46.8 Å². The SMILES string of the molecule is [2H]C([2H])N1CCC(c2c(OP(=O)(O)O)cc(O)c3c(=O)cc(-c4ccccc4Cl)oc23)C(O)C1. The second-order valence-electron chi connectivity index (χ2n) is 7.51. The van der Waals surface area contributed by atoms with Crippen molar-refractivity contribution in [2.24, 2.45) is 0 Å². The molecule has 1 saturated heterocycles. The molecule has 9 nitrogen and oxygen atoms in total. The second-order valence-corrected chi connectivity index (χ2v) is 9.08. The minimum absolute atomic E-state index is 0.0132. The van der Waals surface area contributed by atoms with Crippen LogP contribution in [0.15, 0.2) is 45.6 Å². The highest BCUT2D eigenvalue weighted by Crippen LogP contribution is 2.48. The number of piperidine rings is 1. The van der Waals surface area contributed by atoms with Gasteiger partial charge in [-0.25, -0.2) is 4.57 Å². The van der Waals surface area contributed by atoms with Crippen LogP contribution in [-0.4, -0.2) is 51.1 Å². The Kier molecular flexibility index (Phi) is 5.38. The summed E-state index contributed by atoms with van der Waals surface area (Å²) < 4.78 is 37.6. The number of phenols is 1. The fraction of sp³-hybridized carbons (Fsp3) is 0.286. The number of hydrogen-bond donors (Lipinski definition) is 4. The van der Waals surface area contributed by atoms with Crippen molar-refractivity contribution in [1.29, 1.82) is 0 Å². The molecule has 1 fully saturated rings. The summed E-state index contributed by atoms with van der Waals surface area (Å²) in [5.74, 6) is -1.87. The molecule has 32 heavy (non-hydrogen) atoms. The molecule has 0 bridgehead atoms. The fourth-order valence-electron chi connectivity index (χ4n) is 3.95. The quantitative estimate of drug-likeness (QED) is 0.412. The number of phenolic OH excluding ortho intramolecular Hbond substituents is 1. The Hall–Kier alpha value is -2.39. The van der Waals surface area contributed by atoms with E-state index in [9.17, 15) is 29.4 Å². The molecule has 2 heterocycles. The molecule has 4 rings (SSSR count). The van der Waals surface area contributed by atoms with E-state index in [1.807, 2.05) is 0 Å². The van der Waals surface area contributed by atoms with E-state index in [0.717, 1.165) is 12.1 Å². The number of nitrogens with zero attached hydrogens (tertiary/aromatic N) is 1. The molecule has 11 heteroatoms. The molecule has 170 valence electrons. The van der Waals surface area contributed by atoms with Gasteiger partial charge in [0.1, 0.15) is 28.2 Å². The molecule has 3 aromatic rings. The number of aromatic hydroxyl groups is 1. The van der Waals surface area contributed by atoms with Crippen LogP contribution in [0.5, 0.6) is 11.5 Å². The van der Waals surface area contributed by atoms with Crippen molar-refractivity contribution in [2.45, 2.75) is 18.4 Å². The van der Waals surface area contributed by atoms with E-state index in [0.29, 0.717) is 5.56 Å². The van der Waals surface area contributed by atoms with Gasteiger partial charge >= 0.3 is 7.82 Å². The lowest BCUT2D eigenvalue weighted by Crippen LogP contribution is -2.40. The Balaban J connectivity index is 1.99. The number of phosphoric ester groups is 1. The first-order valence-corrected chi connectivity index (χ1v) is 11.5. The van der Waals surface area contributed by atoms with Crippen LogP contribution >= 0.6 is 19.4 Å². The topological polar surface area (TPSA) is 141 Å². The minimum atomic E-state index is -5.10. The summed E-state index contributed by atoms with van der Waals surface area (Å²) in [5.41, 5.74) is -0.490. The highest BCUT2D eigenvalue weighted by Gasteiger charge is 2.35. The number of halogens is 1. The lowest BCUT2D eigenvalue weighted by atomic mass is 9.85. The zero-order valence-corrected chi connectivity index (χ0v) is 18.2. The van der Waals surface area contributed by atoms with E-state index in [1.54, 1.807) is 24.3 Å². The normalized spacial score (nSPS) is 20.9. The van der Waals surface area contributed by atoms with Crippen molar-refractivity contribution in [3.05, 3.63) is 57.2 Å². The number of rotatable bonds is 4. The Morgan fingerprint density at radius 3 is 2.72 bits per heavy atom. The summed E-state index contributed by atoms with van der Waals surface area (Å²) in [4.78, 5) is 33.3. The summed E-state index contributed by atoms with van der Waals surface area (Å²) in [6.07, 6.45) is -1.03. The van der Waals surface area contributed by atoms with Gasteiger partial charge < -0.3 is 24.1 Å². The zero-order chi connectivity index (χ0) is 24.8. The van der Waals surface area contributed by atoms with Gasteiger partial charge in [-0.3, -0.25) is 14.6 Å². The number of hydrogen-bond acceptors (Lipinski definition) is 7. The number of benzene rings is 2. The zero-order valence-electron chi connectivity index (χ0n) is 18.5. The first kappa shape index (κ1) is 20.2. The second kappa shape index (κ2) is 8.51. The number of aliphatic hydroxyl groups excluding tert-OH is 1. The fourth-order valence-corrected chi connectivity index (χ4v) is 4.59. The van der Waals surface area contributed by atoms with Gasteiger partial charge in [0.2, 0.25) is 0 Å². The molecule has 2 aromatic carbocycles. The average Bonchev–Trinajstić information content (AvgIpc) is 2.73. The molecule has 0 radical (unpaired) electrons. The van der Waals surface area contributed by atoms with E-state index >= 15 is 0 Å². The predicted octanol–water partition coefficient (Wildman–Crippen LogP) is 3.07. The van der Waals surface area contributed by atoms with Crippen LogP contribution in [0.4, 0.5) is 0 Å². The van der Waals surface area contributed by atoms with E-state index in [4.69, 9.17) is 23.3 Å². The van der Waals surface area contributed by atoms with Crippen molar-refractivity contribution in [3.63, 3.8) is 0 Å². The van der Waals surface area contributed by atoms with Gasteiger partial charge in [-0.15, -0.1) is 0 Å². The molecule has 2 unspecified atom stereocenters. The Bertz CT molecular complexity index is 1340. The van der Waals surface area contributed by atoms with Crippen molar-refractivity contribution in [3.8, 4) is 22.8 Å². The average molecular weight is 484 g/mol. The minimum Gasteiger partial charge on any atom is -0.507 e. The van der Waals surface area contributed by atoms with E-state index in [1.165, 1.54) is 4.90 Å². The monoisotopic (exact) mass is 483 g/mol. The van der Waals surface area contributed by atoms with Crippen LogP contribution < -0.4 is 9.95 Å². The van der Waals surface area contributed by atoms with Crippen LogP contribution in [-0.2, 0) is 4.57 Å². The maximum atomic E-state index is 13.0. The predicted molar refractivity (Wildman–Crippen MR) is 118 cm³/mol. The van der Waals surface area contributed by atoms with Gasteiger partial charge in [-0.2, -0.15) is 0 Å². The van der Waals surface area contributed by atoms with Gasteiger partial charge in [-0.1, -0.05) is 23.7 Å². The molecular formula is C21H21ClNO8P. The molecule has 0 amide bonds. The number of likely N-dealkylation sites (tertiary alicyclic amines) is 1. The molecule has 0 aliphatic carbocycles. The number of phosphoric acid groups is 1. The van der Waals surface area contributed by atoms with Crippen LogP contribution in [0, 0.1) is 0 Å². The van der Waals surface area contributed by atoms with E-state index < -0.39 is 43.8 Å². The third kappa shape index (κ3) is 4.41. The summed E-state index contributed by atoms with van der Waals surface area (Å²) in [6.45, 7) is -1.18. The molecule has 2 atom stereocenters. The van der Waals surface area contributed by atoms with Gasteiger partial charge in [0.05, 0.1) is 11.1 Å². The molecule has 0 spiro atoms. The third-order valence-electron chi connectivity index (χ3n) is 5.32.